The first-order chi connectivity index (χ1) is 13.3. The van der Waals surface area contributed by atoms with Crippen LogP contribution in [0.5, 0.6) is 0 Å². The van der Waals surface area contributed by atoms with E-state index in [1.54, 1.807) is 0 Å². The first-order valence-electron chi connectivity index (χ1n) is 10.6. The summed E-state index contributed by atoms with van der Waals surface area (Å²) >= 11 is 0. The first-order valence-corrected chi connectivity index (χ1v) is 10.6. The molecule has 3 rings (SSSR count). The molecule has 3 heterocycles. The van der Waals surface area contributed by atoms with Crippen LogP contribution in [0.15, 0.2) is 24.5 Å². The standard InChI is InChI=1S/C21H34N4O2/c1-2-3-4-5-20(18-6-10-22-11-7-18)21(26)27-25-16-14-24(15-17-25)19-8-12-23-13-9-19/h8-9,12-13,18,20,22H,2-7,10-11,14-17H2,1H3. The van der Waals surface area contributed by atoms with E-state index in [2.05, 4.69) is 22.1 Å². The molecule has 0 aromatic carbocycles. The Bertz CT molecular complexity index is 555. The molecule has 0 amide bonds. The molecule has 2 aliphatic heterocycles. The van der Waals surface area contributed by atoms with E-state index in [0.29, 0.717) is 5.92 Å². The molecule has 0 bridgehead atoms. The van der Waals surface area contributed by atoms with E-state index in [9.17, 15) is 4.79 Å². The largest absolute Gasteiger partial charge is 0.369 e. The number of anilines is 1. The summed E-state index contributed by atoms with van der Waals surface area (Å²) in [6.07, 6.45) is 10.3. The molecule has 1 N–H and O–H groups in total. The molecule has 2 saturated heterocycles. The van der Waals surface area contributed by atoms with Gasteiger partial charge in [-0.25, -0.2) is 0 Å². The van der Waals surface area contributed by atoms with E-state index in [1.165, 1.54) is 18.5 Å². The fourth-order valence-electron chi connectivity index (χ4n) is 4.19. The average Bonchev–Trinajstić information content (AvgIpc) is 2.73. The minimum atomic E-state index is -0.00429. The van der Waals surface area contributed by atoms with Gasteiger partial charge in [0, 0.05) is 31.2 Å². The van der Waals surface area contributed by atoms with Crippen molar-refractivity contribution in [3.63, 3.8) is 0 Å². The number of piperidine rings is 1. The van der Waals surface area contributed by atoms with Crippen LogP contribution >= 0.6 is 0 Å². The molecular formula is C21H34N4O2. The Morgan fingerprint density at radius 1 is 1.19 bits per heavy atom. The lowest BCUT2D eigenvalue weighted by Gasteiger charge is -2.36. The van der Waals surface area contributed by atoms with E-state index in [4.69, 9.17) is 4.84 Å². The smallest absolute Gasteiger partial charge is 0.328 e. The molecule has 6 nitrogen and oxygen atoms in total. The number of carbonyl (C=O) groups is 1. The van der Waals surface area contributed by atoms with Crippen LogP contribution in [-0.2, 0) is 9.63 Å². The van der Waals surface area contributed by atoms with Crippen molar-refractivity contribution in [3.8, 4) is 0 Å². The third-order valence-corrected chi connectivity index (χ3v) is 5.86. The van der Waals surface area contributed by atoms with Crippen molar-refractivity contribution in [1.29, 1.82) is 0 Å². The van der Waals surface area contributed by atoms with Gasteiger partial charge in [-0.05, 0) is 50.4 Å². The maximum atomic E-state index is 13.0. The third-order valence-electron chi connectivity index (χ3n) is 5.86. The SMILES string of the molecule is CCCCCC(C(=O)ON1CCN(c2ccncc2)CC1)C1CCNCC1. The van der Waals surface area contributed by atoms with Crippen LogP contribution in [0.1, 0.15) is 45.4 Å². The number of nitrogens with zero attached hydrogens (tertiary/aromatic N) is 3. The second-order valence-corrected chi connectivity index (χ2v) is 7.72. The predicted molar refractivity (Wildman–Crippen MR) is 107 cm³/mol. The normalized spacial score (nSPS) is 20.4. The minimum absolute atomic E-state index is 0.00429. The highest BCUT2D eigenvalue weighted by Crippen LogP contribution is 2.28. The van der Waals surface area contributed by atoms with Crippen molar-refractivity contribution in [1.82, 2.24) is 15.4 Å². The average molecular weight is 375 g/mol. The van der Waals surface area contributed by atoms with Crippen molar-refractivity contribution in [2.45, 2.75) is 45.4 Å². The zero-order valence-electron chi connectivity index (χ0n) is 16.6. The Kier molecular flexibility index (Phi) is 7.90. The van der Waals surface area contributed by atoms with Gasteiger partial charge in [0.25, 0.3) is 0 Å². The molecule has 0 saturated carbocycles. The van der Waals surface area contributed by atoms with E-state index in [1.807, 2.05) is 29.6 Å². The molecule has 1 aromatic heterocycles. The lowest BCUT2D eigenvalue weighted by Crippen LogP contribution is -2.48. The van der Waals surface area contributed by atoms with Crippen LogP contribution in [0, 0.1) is 11.8 Å². The second kappa shape index (κ2) is 10.6. The third kappa shape index (κ3) is 5.91. The van der Waals surface area contributed by atoms with Gasteiger partial charge in [-0.15, -0.1) is 5.06 Å². The number of hydrogen-bond donors (Lipinski definition) is 1. The van der Waals surface area contributed by atoms with Gasteiger partial charge < -0.3 is 15.1 Å². The van der Waals surface area contributed by atoms with Gasteiger partial charge >= 0.3 is 5.97 Å². The van der Waals surface area contributed by atoms with Crippen LogP contribution in [0.25, 0.3) is 0 Å². The molecule has 1 unspecified atom stereocenters. The number of hydrogen-bond acceptors (Lipinski definition) is 6. The summed E-state index contributed by atoms with van der Waals surface area (Å²) < 4.78 is 0. The topological polar surface area (TPSA) is 57.7 Å². The van der Waals surface area contributed by atoms with E-state index < -0.39 is 0 Å². The molecule has 150 valence electrons. The molecule has 1 atom stereocenters. The highest BCUT2D eigenvalue weighted by Gasteiger charge is 2.32. The van der Waals surface area contributed by atoms with Crippen molar-refractivity contribution in [2.75, 3.05) is 44.2 Å². The number of hydroxylamine groups is 2. The van der Waals surface area contributed by atoms with Gasteiger partial charge in [-0.2, -0.15) is 0 Å². The van der Waals surface area contributed by atoms with Crippen molar-refractivity contribution in [3.05, 3.63) is 24.5 Å². The Morgan fingerprint density at radius 2 is 1.89 bits per heavy atom. The summed E-state index contributed by atoms with van der Waals surface area (Å²) in [5, 5.41) is 5.27. The highest BCUT2D eigenvalue weighted by molar-refractivity contribution is 5.72. The van der Waals surface area contributed by atoms with Gasteiger partial charge in [0.15, 0.2) is 0 Å². The molecule has 1 aromatic rings. The number of rotatable bonds is 8. The van der Waals surface area contributed by atoms with Crippen LogP contribution in [0.2, 0.25) is 0 Å². The van der Waals surface area contributed by atoms with Crippen molar-refractivity contribution < 1.29 is 9.63 Å². The summed E-state index contributed by atoms with van der Waals surface area (Å²) in [5.41, 5.74) is 1.18. The van der Waals surface area contributed by atoms with Crippen LogP contribution in [-0.4, -0.2) is 55.3 Å². The van der Waals surface area contributed by atoms with Gasteiger partial charge in [0.1, 0.15) is 0 Å². The quantitative estimate of drug-likeness (QED) is 0.706. The summed E-state index contributed by atoms with van der Waals surface area (Å²) in [5.74, 6) is 0.515. The van der Waals surface area contributed by atoms with E-state index >= 15 is 0 Å². The summed E-state index contributed by atoms with van der Waals surface area (Å²) in [7, 11) is 0. The fourth-order valence-corrected chi connectivity index (χ4v) is 4.19. The Balaban J connectivity index is 1.50. The van der Waals surface area contributed by atoms with Crippen LogP contribution in [0.4, 0.5) is 5.69 Å². The van der Waals surface area contributed by atoms with E-state index in [0.717, 1.165) is 65.0 Å². The van der Waals surface area contributed by atoms with Crippen molar-refractivity contribution >= 4 is 11.7 Å². The summed E-state index contributed by atoms with van der Waals surface area (Å²) in [6, 6.07) is 4.06. The number of unbranched alkanes of at least 4 members (excludes halogenated alkanes) is 2. The van der Waals surface area contributed by atoms with Crippen LogP contribution in [0.3, 0.4) is 0 Å². The van der Waals surface area contributed by atoms with Gasteiger partial charge in [0.05, 0.1) is 19.0 Å². The Labute approximate surface area is 163 Å². The molecule has 27 heavy (non-hydrogen) atoms. The predicted octanol–water partition coefficient (Wildman–Crippen LogP) is 2.86. The number of piperazine rings is 1. The molecule has 0 aliphatic carbocycles. The Morgan fingerprint density at radius 3 is 2.56 bits per heavy atom. The maximum Gasteiger partial charge on any atom is 0.328 e. The monoisotopic (exact) mass is 374 g/mol. The zero-order chi connectivity index (χ0) is 18.9. The first kappa shape index (κ1) is 20.1. The van der Waals surface area contributed by atoms with Gasteiger partial charge in [-0.3, -0.25) is 9.78 Å². The summed E-state index contributed by atoms with van der Waals surface area (Å²) in [4.78, 5) is 25.2. The fraction of sp³-hybridized carbons (Fsp3) is 0.714. The summed E-state index contributed by atoms with van der Waals surface area (Å²) in [6.45, 7) is 7.49. The number of nitrogens with one attached hydrogen (secondary N) is 1. The number of carbonyl (C=O) groups excluding carboxylic acids is 1. The number of pyridine rings is 1. The maximum absolute atomic E-state index is 13.0. The molecule has 6 heteroatoms. The Hall–Kier alpha value is -1.66. The van der Waals surface area contributed by atoms with Gasteiger partial charge in [-0.1, -0.05) is 26.2 Å². The zero-order valence-corrected chi connectivity index (χ0v) is 16.6. The van der Waals surface area contributed by atoms with Crippen LogP contribution < -0.4 is 10.2 Å². The second-order valence-electron chi connectivity index (χ2n) is 7.72. The highest BCUT2D eigenvalue weighted by atomic mass is 16.7. The molecule has 0 spiro atoms. The molecule has 0 radical (unpaired) electrons. The minimum Gasteiger partial charge on any atom is -0.369 e. The molecule has 2 aliphatic rings. The number of aromatic nitrogens is 1. The lowest BCUT2D eigenvalue weighted by atomic mass is 9.82. The molecule has 2 fully saturated rings. The lowest BCUT2D eigenvalue weighted by molar-refractivity contribution is -0.199. The molecular weight excluding hydrogens is 340 g/mol. The van der Waals surface area contributed by atoms with Gasteiger partial charge in [0.2, 0.25) is 0 Å². The van der Waals surface area contributed by atoms with Crippen molar-refractivity contribution in [2.24, 2.45) is 11.8 Å². The van der Waals surface area contributed by atoms with E-state index in [-0.39, 0.29) is 11.9 Å².